The summed E-state index contributed by atoms with van der Waals surface area (Å²) in [7, 11) is 1.70. The molecule has 0 atom stereocenters. The molecule has 3 aromatic rings. The first kappa shape index (κ1) is 19.4. The molecule has 1 amide bonds. The van der Waals surface area contributed by atoms with Gasteiger partial charge in [-0.25, -0.2) is 0 Å². The number of amides is 1. The van der Waals surface area contributed by atoms with Gasteiger partial charge in [-0.2, -0.15) is 0 Å². The van der Waals surface area contributed by atoms with E-state index in [4.69, 9.17) is 16.3 Å². The molecule has 0 N–H and O–H groups in total. The molecule has 4 heteroatoms. The normalized spacial score (nSPS) is 12.7. The van der Waals surface area contributed by atoms with Gasteiger partial charge in [0, 0.05) is 19.1 Å². The minimum atomic E-state index is 0.00000800. The monoisotopic (exact) mass is 403 g/mol. The number of carbonyl (C=O) groups is 1. The van der Waals surface area contributed by atoms with Crippen molar-refractivity contribution in [2.75, 3.05) is 12.0 Å². The molecule has 0 aromatic heterocycles. The summed E-state index contributed by atoms with van der Waals surface area (Å²) >= 11 is 6.18. The molecule has 0 saturated carbocycles. The van der Waals surface area contributed by atoms with Crippen molar-refractivity contribution in [1.82, 2.24) is 0 Å². The molecule has 0 saturated heterocycles. The Morgan fingerprint density at radius 2 is 1.83 bits per heavy atom. The standard InChI is InChI=1S/C25H22ClNO2/c1-17(28)27-15-22-13-19(24-6-4-3-5-21(24)16-29-2)9-7-18(22)8-10-20-14-23(26)11-12-25(20)27/h3-14H,15-16H2,1-2H3. The molecule has 3 aromatic carbocycles. The van der Waals surface area contributed by atoms with E-state index in [-0.39, 0.29) is 5.91 Å². The second-order valence-electron chi connectivity index (χ2n) is 7.15. The van der Waals surface area contributed by atoms with Crippen molar-refractivity contribution in [3.8, 4) is 11.1 Å². The number of ether oxygens (including phenoxy) is 1. The maximum Gasteiger partial charge on any atom is 0.224 e. The fourth-order valence-electron chi connectivity index (χ4n) is 3.78. The van der Waals surface area contributed by atoms with Crippen molar-refractivity contribution in [3.05, 3.63) is 87.9 Å². The molecule has 0 bridgehead atoms. The number of rotatable bonds is 3. The highest BCUT2D eigenvalue weighted by Gasteiger charge is 2.19. The summed E-state index contributed by atoms with van der Waals surface area (Å²) in [6.45, 7) is 2.66. The quantitative estimate of drug-likeness (QED) is 0.521. The van der Waals surface area contributed by atoms with Crippen LogP contribution in [0, 0.1) is 0 Å². The van der Waals surface area contributed by atoms with Crippen LogP contribution in [0.25, 0.3) is 23.3 Å². The highest BCUT2D eigenvalue weighted by atomic mass is 35.5. The number of hydrogen-bond donors (Lipinski definition) is 0. The largest absolute Gasteiger partial charge is 0.380 e. The number of carbonyl (C=O) groups excluding carboxylic acids is 1. The fraction of sp³-hybridized carbons (Fsp3) is 0.160. The molecule has 0 unspecified atom stereocenters. The predicted molar refractivity (Wildman–Crippen MR) is 120 cm³/mol. The van der Waals surface area contributed by atoms with Crippen molar-refractivity contribution >= 4 is 35.3 Å². The van der Waals surface area contributed by atoms with Crippen LogP contribution in [0.15, 0.2) is 60.7 Å². The highest BCUT2D eigenvalue weighted by molar-refractivity contribution is 6.30. The van der Waals surface area contributed by atoms with Gasteiger partial charge in [0.2, 0.25) is 5.91 Å². The first-order chi connectivity index (χ1) is 14.1. The zero-order valence-corrected chi connectivity index (χ0v) is 17.2. The SMILES string of the molecule is COCc1ccccc1-c1ccc2c(c1)CN(C(C)=O)c1ccc(Cl)cc1C=C2. The van der Waals surface area contributed by atoms with E-state index in [2.05, 4.69) is 36.4 Å². The number of methoxy groups -OCH3 is 1. The summed E-state index contributed by atoms with van der Waals surface area (Å²) in [4.78, 5) is 14.3. The van der Waals surface area contributed by atoms with Gasteiger partial charge < -0.3 is 9.64 Å². The van der Waals surface area contributed by atoms with E-state index < -0.39 is 0 Å². The van der Waals surface area contributed by atoms with Gasteiger partial charge >= 0.3 is 0 Å². The van der Waals surface area contributed by atoms with Gasteiger partial charge in [0.1, 0.15) is 0 Å². The van der Waals surface area contributed by atoms with E-state index in [1.54, 1.807) is 18.9 Å². The Morgan fingerprint density at radius 1 is 1.03 bits per heavy atom. The Morgan fingerprint density at radius 3 is 2.62 bits per heavy atom. The second-order valence-corrected chi connectivity index (χ2v) is 7.58. The summed E-state index contributed by atoms with van der Waals surface area (Å²) in [6, 6.07) is 20.3. The molecule has 1 aliphatic rings. The third-order valence-corrected chi connectivity index (χ3v) is 5.44. The number of halogens is 1. The molecule has 4 rings (SSSR count). The summed E-state index contributed by atoms with van der Waals surface area (Å²) in [5, 5.41) is 0.655. The van der Waals surface area contributed by atoms with Crippen LogP contribution in [0.2, 0.25) is 5.02 Å². The minimum absolute atomic E-state index is 0.00000800. The van der Waals surface area contributed by atoms with E-state index in [0.29, 0.717) is 18.2 Å². The lowest BCUT2D eigenvalue weighted by Gasteiger charge is -2.26. The Balaban J connectivity index is 1.82. The highest BCUT2D eigenvalue weighted by Crippen LogP contribution is 2.33. The molecule has 29 heavy (non-hydrogen) atoms. The molecular weight excluding hydrogens is 382 g/mol. The van der Waals surface area contributed by atoms with Crippen molar-refractivity contribution < 1.29 is 9.53 Å². The summed E-state index contributed by atoms with van der Waals surface area (Å²) < 4.78 is 5.36. The van der Waals surface area contributed by atoms with Crippen molar-refractivity contribution in [2.45, 2.75) is 20.1 Å². The van der Waals surface area contributed by atoms with Crippen LogP contribution < -0.4 is 4.90 Å². The Labute approximate surface area is 176 Å². The second kappa shape index (κ2) is 8.24. The van der Waals surface area contributed by atoms with Crippen LogP contribution in [-0.4, -0.2) is 13.0 Å². The predicted octanol–water partition coefficient (Wildman–Crippen LogP) is 6.19. The first-order valence-electron chi connectivity index (χ1n) is 9.52. The molecule has 0 aliphatic carbocycles. The van der Waals surface area contributed by atoms with Crippen LogP contribution in [-0.2, 0) is 22.7 Å². The van der Waals surface area contributed by atoms with Crippen LogP contribution >= 0.6 is 11.6 Å². The van der Waals surface area contributed by atoms with E-state index >= 15 is 0 Å². The molecule has 146 valence electrons. The Hall–Kier alpha value is -2.88. The molecule has 0 radical (unpaired) electrons. The van der Waals surface area contributed by atoms with Gasteiger partial charge in [0.15, 0.2) is 0 Å². The van der Waals surface area contributed by atoms with Crippen molar-refractivity contribution in [3.63, 3.8) is 0 Å². The molecule has 0 spiro atoms. The zero-order valence-electron chi connectivity index (χ0n) is 16.5. The number of anilines is 1. The summed E-state index contributed by atoms with van der Waals surface area (Å²) in [5.74, 6) is 0.00000800. The van der Waals surface area contributed by atoms with Gasteiger partial charge in [-0.1, -0.05) is 60.2 Å². The number of benzene rings is 3. The Bertz CT molecular complexity index is 1100. The first-order valence-corrected chi connectivity index (χ1v) is 9.90. The lowest BCUT2D eigenvalue weighted by atomic mass is 9.94. The van der Waals surface area contributed by atoms with Crippen LogP contribution in [0.4, 0.5) is 5.69 Å². The maximum absolute atomic E-state index is 12.5. The number of fused-ring (bicyclic) bond motifs is 2. The fourth-order valence-corrected chi connectivity index (χ4v) is 3.96. The molecule has 0 fully saturated rings. The Kier molecular flexibility index (Phi) is 5.52. The van der Waals surface area contributed by atoms with Crippen molar-refractivity contribution in [2.24, 2.45) is 0 Å². The van der Waals surface area contributed by atoms with E-state index in [1.165, 1.54) is 0 Å². The average molecular weight is 404 g/mol. The summed E-state index contributed by atoms with van der Waals surface area (Å²) in [5.41, 5.74) is 7.40. The van der Waals surface area contributed by atoms with Crippen LogP contribution in [0.1, 0.15) is 29.2 Å². The van der Waals surface area contributed by atoms with Gasteiger partial charge in [-0.15, -0.1) is 0 Å². The van der Waals surface area contributed by atoms with Gasteiger partial charge in [-0.3, -0.25) is 4.79 Å². The number of hydrogen-bond acceptors (Lipinski definition) is 2. The molecule has 3 nitrogen and oxygen atoms in total. The lowest BCUT2D eigenvalue weighted by Crippen LogP contribution is -2.29. The average Bonchev–Trinajstić information content (AvgIpc) is 2.70. The van der Waals surface area contributed by atoms with Gasteiger partial charge in [0.25, 0.3) is 0 Å². The smallest absolute Gasteiger partial charge is 0.224 e. The molecule has 1 aliphatic heterocycles. The topological polar surface area (TPSA) is 29.5 Å². The molecule has 1 heterocycles. The van der Waals surface area contributed by atoms with Crippen molar-refractivity contribution in [1.29, 1.82) is 0 Å². The van der Waals surface area contributed by atoms with E-state index in [1.807, 2.05) is 36.4 Å². The van der Waals surface area contributed by atoms with Gasteiger partial charge in [0.05, 0.1) is 18.8 Å². The third-order valence-electron chi connectivity index (χ3n) is 5.20. The van der Waals surface area contributed by atoms with Crippen LogP contribution in [0.5, 0.6) is 0 Å². The third kappa shape index (κ3) is 3.98. The minimum Gasteiger partial charge on any atom is -0.380 e. The molecular formula is C25H22ClNO2. The maximum atomic E-state index is 12.5. The van der Waals surface area contributed by atoms with E-state index in [9.17, 15) is 4.79 Å². The van der Waals surface area contributed by atoms with Gasteiger partial charge in [-0.05, 0) is 57.6 Å². The number of nitrogens with zero attached hydrogens (tertiary/aromatic N) is 1. The van der Waals surface area contributed by atoms with E-state index in [0.717, 1.165) is 39.1 Å². The zero-order chi connectivity index (χ0) is 20.4. The lowest BCUT2D eigenvalue weighted by molar-refractivity contribution is -0.116. The van der Waals surface area contributed by atoms with Crippen LogP contribution in [0.3, 0.4) is 0 Å². The summed E-state index contributed by atoms with van der Waals surface area (Å²) in [6.07, 6.45) is 4.11.